The Morgan fingerprint density at radius 2 is 1.62 bits per heavy atom. The summed E-state index contributed by atoms with van der Waals surface area (Å²) in [5.41, 5.74) is 1.50. The number of fused-ring (bicyclic) bond motifs is 1. The van der Waals surface area contributed by atoms with Gasteiger partial charge in [0, 0.05) is 29.6 Å². The van der Waals surface area contributed by atoms with Gasteiger partial charge in [-0.1, -0.05) is 62.2 Å². The van der Waals surface area contributed by atoms with Gasteiger partial charge in [0.2, 0.25) is 0 Å². The Kier molecular flexibility index (Phi) is 6.12. The minimum atomic E-state index is 0. The van der Waals surface area contributed by atoms with Crippen molar-refractivity contribution < 1.29 is 0 Å². The first-order valence-corrected chi connectivity index (χ1v) is 5.88. The third-order valence-electron chi connectivity index (χ3n) is 2.93. The molecule has 2 aromatic carbocycles. The molecule has 0 fully saturated rings. The Labute approximate surface area is 120 Å². The van der Waals surface area contributed by atoms with E-state index in [9.17, 15) is 0 Å². The maximum atomic E-state index is 2.26. The molecule has 0 spiro atoms. The molecular weight excluding hydrogens is 203 g/mol. The van der Waals surface area contributed by atoms with Crippen molar-refractivity contribution in [2.75, 3.05) is 0 Å². The zero-order valence-electron chi connectivity index (χ0n) is 10.4. The van der Waals surface area contributed by atoms with Gasteiger partial charge in [0.15, 0.2) is 0 Å². The van der Waals surface area contributed by atoms with E-state index in [0.29, 0.717) is 0 Å². The van der Waals surface area contributed by atoms with Gasteiger partial charge < -0.3 is 0 Å². The number of benzene rings is 2. The quantitative estimate of drug-likeness (QED) is 0.536. The molecule has 0 nitrogen and oxygen atoms in total. The van der Waals surface area contributed by atoms with E-state index in [1.54, 1.807) is 0 Å². The molecule has 2 aromatic rings. The molecule has 0 aliphatic rings. The summed E-state index contributed by atoms with van der Waals surface area (Å²) in [6, 6.07) is 15.3. The van der Waals surface area contributed by atoms with E-state index in [0.717, 1.165) is 0 Å². The van der Waals surface area contributed by atoms with Gasteiger partial charge in [0.25, 0.3) is 0 Å². The molecule has 79 valence electrons. The third kappa shape index (κ3) is 3.35. The second kappa shape index (κ2) is 7.11. The minimum Gasteiger partial charge on any atom is -0.0654 e. The van der Waals surface area contributed by atoms with Gasteiger partial charge in [-0.3, -0.25) is 0 Å². The van der Waals surface area contributed by atoms with Gasteiger partial charge in [-0.2, -0.15) is 0 Å². The maximum Gasteiger partial charge on any atom is 0 e. The molecule has 0 aliphatic heterocycles. The van der Waals surface area contributed by atoms with Crippen molar-refractivity contribution in [3.05, 3.63) is 48.0 Å². The van der Waals surface area contributed by atoms with Crippen molar-refractivity contribution in [1.29, 1.82) is 0 Å². The first kappa shape index (κ1) is 13.8. The molecule has 0 heterocycles. The molecule has 2 rings (SSSR count). The Bertz CT molecular complexity index is 429. The van der Waals surface area contributed by atoms with E-state index in [2.05, 4.69) is 49.4 Å². The second-order valence-electron chi connectivity index (χ2n) is 4.10. The Morgan fingerprint density at radius 3 is 2.44 bits per heavy atom. The van der Waals surface area contributed by atoms with Crippen molar-refractivity contribution in [3.8, 4) is 0 Å². The normalized spacial score (nSPS) is 10.1. The molecule has 0 N–H and O–H groups in total. The topological polar surface area (TPSA) is 0 Å². The molecule has 0 aromatic heterocycles. The van der Waals surface area contributed by atoms with Crippen LogP contribution in [0.4, 0.5) is 0 Å². The number of rotatable bonds is 4. The summed E-state index contributed by atoms with van der Waals surface area (Å²) in [6.45, 7) is 2.25. The maximum absolute atomic E-state index is 2.26. The molecule has 1 heteroatoms. The molecule has 0 bridgehead atoms. The van der Waals surface area contributed by atoms with E-state index in [1.807, 2.05) is 0 Å². The van der Waals surface area contributed by atoms with Crippen LogP contribution >= 0.6 is 0 Å². The fourth-order valence-electron chi connectivity index (χ4n) is 2.08. The molecule has 16 heavy (non-hydrogen) atoms. The monoisotopic (exact) mass is 221 g/mol. The Balaban J connectivity index is 0.00000128. The zero-order valence-corrected chi connectivity index (χ0v) is 12.4. The van der Waals surface area contributed by atoms with Crippen LogP contribution in [0.25, 0.3) is 10.8 Å². The summed E-state index contributed by atoms with van der Waals surface area (Å²) in [4.78, 5) is 0. The standard InChI is InChI=1S/C15H18.Na/c1-2-3-4-8-13-10-7-11-14-9-5-6-12-15(13)14;/h5-7,9-12H,2-4,8H2,1H3;. The summed E-state index contributed by atoms with van der Waals surface area (Å²) in [5, 5.41) is 2.79. The van der Waals surface area contributed by atoms with Crippen LogP contribution in [0.3, 0.4) is 0 Å². The van der Waals surface area contributed by atoms with E-state index >= 15 is 0 Å². The zero-order chi connectivity index (χ0) is 10.5. The van der Waals surface area contributed by atoms with Crippen molar-refractivity contribution in [3.63, 3.8) is 0 Å². The molecule has 0 amide bonds. The van der Waals surface area contributed by atoms with Crippen LogP contribution in [-0.4, -0.2) is 29.6 Å². The number of hydrogen-bond acceptors (Lipinski definition) is 0. The van der Waals surface area contributed by atoms with Crippen molar-refractivity contribution in [2.24, 2.45) is 0 Å². The third-order valence-corrected chi connectivity index (χ3v) is 2.93. The molecule has 0 atom stereocenters. The first-order valence-electron chi connectivity index (χ1n) is 5.88. The van der Waals surface area contributed by atoms with Crippen LogP contribution in [0.2, 0.25) is 0 Å². The average Bonchev–Trinajstić information content (AvgIpc) is 2.30. The van der Waals surface area contributed by atoms with Crippen LogP contribution < -0.4 is 0 Å². The van der Waals surface area contributed by atoms with Gasteiger partial charge in [0.1, 0.15) is 0 Å². The van der Waals surface area contributed by atoms with E-state index < -0.39 is 0 Å². The van der Waals surface area contributed by atoms with Gasteiger partial charge in [0.05, 0.1) is 0 Å². The van der Waals surface area contributed by atoms with Crippen molar-refractivity contribution in [1.82, 2.24) is 0 Å². The Morgan fingerprint density at radius 1 is 0.875 bits per heavy atom. The van der Waals surface area contributed by atoms with E-state index in [-0.39, 0.29) is 29.6 Å². The van der Waals surface area contributed by atoms with Gasteiger partial charge in [-0.15, -0.1) is 0 Å². The molecule has 0 aliphatic carbocycles. The average molecular weight is 221 g/mol. The van der Waals surface area contributed by atoms with E-state index in [4.69, 9.17) is 0 Å². The predicted octanol–water partition coefficient (Wildman–Crippen LogP) is 4.19. The van der Waals surface area contributed by atoms with Gasteiger partial charge in [-0.05, 0) is 29.2 Å². The number of aryl methyl sites for hydroxylation is 1. The number of unbranched alkanes of at least 4 members (excludes halogenated alkanes) is 2. The van der Waals surface area contributed by atoms with Crippen LogP contribution in [0.15, 0.2) is 42.5 Å². The first-order chi connectivity index (χ1) is 7.42. The van der Waals surface area contributed by atoms with Crippen molar-refractivity contribution in [2.45, 2.75) is 32.6 Å². The smallest absolute Gasteiger partial charge is 0 e. The van der Waals surface area contributed by atoms with Gasteiger partial charge in [-0.25, -0.2) is 0 Å². The number of hydrogen-bond donors (Lipinski definition) is 0. The van der Waals surface area contributed by atoms with Crippen molar-refractivity contribution >= 4 is 40.3 Å². The molecule has 1 radical (unpaired) electrons. The van der Waals surface area contributed by atoms with Crippen LogP contribution in [0.5, 0.6) is 0 Å². The fraction of sp³-hybridized carbons (Fsp3) is 0.333. The van der Waals surface area contributed by atoms with E-state index in [1.165, 1.54) is 42.0 Å². The summed E-state index contributed by atoms with van der Waals surface area (Å²) < 4.78 is 0. The predicted molar refractivity (Wildman–Crippen MR) is 72.9 cm³/mol. The van der Waals surface area contributed by atoms with Gasteiger partial charge >= 0.3 is 0 Å². The Hall–Kier alpha value is -0.300. The van der Waals surface area contributed by atoms with Crippen LogP contribution in [-0.2, 0) is 6.42 Å². The summed E-state index contributed by atoms with van der Waals surface area (Å²) in [5.74, 6) is 0. The van der Waals surface area contributed by atoms with Crippen LogP contribution in [0, 0.1) is 0 Å². The summed E-state index contributed by atoms with van der Waals surface area (Å²) in [6.07, 6.45) is 5.16. The van der Waals surface area contributed by atoms with Crippen LogP contribution in [0.1, 0.15) is 31.7 Å². The second-order valence-corrected chi connectivity index (χ2v) is 4.10. The largest absolute Gasteiger partial charge is 0.0654 e. The summed E-state index contributed by atoms with van der Waals surface area (Å²) >= 11 is 0. The summed E-state index contributed by atoms with van der Waals surface area (Å²) in [7, 11) is 0. The molecule has 0 unspecified atom stereocenters. The SMILES string of the molecule is CCCCCc1cccc2ccccc12.[Na]. The molecule has 0 saturated heterocycles. The molecular formula is C15H18Na. The minimum absolute atomic E-state index is 0. The molecule has 0 saturated carbocycles. The fourth-order valence-corrected chi connectivity index (χ4v) is 2.08.